The van der Waals surface area contributed by atoms with E-state index in [-0.39, 0.29) is 11.8 Å². The summed E-state index contributed by atoms with van der Waals surface area (Å²) in [6, 6.07) is 80.4. The predicted octanol–water partition coefficient (Wildman–Crippen LogP) is 15.5. The molecule has 4 heterocycles. The lowest BCUT2D eigenvalue weighted by Crippen LogP contribution is -2.27. The van der Waals surface area contributed by atoms with Gasteiger partial charge in [0.25, 0.3) is 0 Å². The van der Waals surface area contributed by atoms with E-state index in [0.717, 1.165) is 77.4 Å². The summed E-state index contributed by atoms with van der Waals surface area (Å²) in [5.41, 5.74) is 19.3. The Morgan fingerprint density at radius 2 is 0.539 bits per heavy atom. The van der Waals surface area contributed by atoms with E-state index >= 15 is 0 Å². The van der Waals surface area contributed by atoms with Crippen molar-refractivity contribution in [1.29, 1.82) is 0 Å². The molecular formula is C68H42N8. The maximum atomic E-state index is 5.26. The zero-order valence-electron chi connectivity index (χ0n) is 40.8. The molecule has 0 N–H and O–H groups in total. The molecule has 8 heteroatoms. The molecular weight excluding hydrogens is 929 g/mol. The van der Waals surface area contributed by atoms with Crippen molar-refractivity contribution in [2.75, 3.05) is 0 Å². The number of hydrogen-bond donors (Lipinski definition) is 0. The summed E-state index contributed by atoms with van der Waals surface area (Å²) in [6.45, 7) is 0. The Balaban J connectivity index is 0.825. The number of benzene rings is 9. The highest BCUT2D eigenvalue weighted by Crippen LogP contribution is 2.56. The molecule has 76 heavy (non-hydrogen) atoms. The van der Waals surface area contributed by atoms with Crippen LogP contribution in [0.25, 0.3) is 112 Å². The van der Waals surface area contributed by atoms with Crippen LogP contribution in [-0.4, -0.2) is 39.9 Å². The molecule has 0 fully saturated rings. The largest absolute Gasteiger partial charge is 0.256 e. The van der Waals surface area contributed by atoms with Crippen molar-refractivity contribution in [3.8, 4) is 90.6 Å². The summed E-state index contributed by atoms with van der Waals surface area (Å²) >= 11 is 0. The van der Waals surface area contributed by atoms with Crippen LogP contribution in [-0.2, 0) is 0 Å². The van der Waals surface area contributed by atoms with Gasteiger partial charge >= 0.3 is 0 Å². The first-order chi connectivity index (χ1) is 37.6. The molecule has 354 valence electrons. The fraction of sp³-hybridized carbons (Fsp3) is 0.0294. The van der Waals surface area contributed by atoms with Gasteiger partial charge in [0.1, 0.15) is 0 Å². The number of fused-ring (bicyclic) bond motifs is 2. The molecule has 3 aliphatic rings. The molecule has 0 saturated heterocycles. The number of hydrogen-bond acceptors (Lipinski definition) is 8. The van der Waals surface area contributed by atoms with Crippen molar-refractivity contribution in [2.24, 2.45) is 0 Å². The van der Waals surface area contributed by atoms with Crippen molar-refractivity contribution in [2.45, 2.75) is 11.8 Å². The maximum absolute atomic E-state index is 5.26. The normalized spacial score (nSPS) is 14.1. The Hall–Kier alpha value is -10.2. The Morgan fingerprint density at radius 3 is 0.974 bits per heavy atom. The van der Waals surface area contributed by atoms with Crippen LogP contribution in [0.3, 0.4) is 0 Å². The van der Waals surface area contributed by atoms with E-state index in [4.69, 9.17) is 39.9 Å². The fourth-order valence-electron chi connectivity index (χ4n) is 11.3. The van der Waals surface area contributed by atoms with Crippen LogP contribution in [0.2, 0.25) is 0 Å². The van der Waals surface area contributed by atoms with Crippen LogP contribution in [0.15, 0.2) is 243 Å². The van der Waals surface area contributed by atoms with Gasteiger partial charge in [-0.25, -0.2) is 29.9 Å². The average molecular weight is 971 g/mol. The third-order valence-electron chi connectivity index (χ3n) is 15.0. The first-order valence-electron chi connectivity index (χ1n) is 25.5. The monoisotopic (exact) mass is 970 g/mol. The van der Waals surface area contributed by atoms with E-state index in [1.165, 1.54) is 33.4 Å². The van der Waals surface area contributed by atoms with Gasteiger partial charge in [0.2, 0.25) is 0 Å². The number of rotatable bonds is 8. The van der Waals surface area contributed by atoms with Gasteiger partial charge in [-0.1, -0.05) is 182 Å². The van der Waals surface area contributed by atoms with Crippen molar-refractivity contribution in [1.82, 2.24) is 39.9 Å². The fourth-order valence-corrected chi connectivity index (χ4v) is 11.3. The lowest BCUT2D eigenvalue weighted by atomic mass is 9.61. The van der Waals surface area contributed by atoms with Gasteiger partial charge in [-0.2, -0.15) is 0 Å². The summed E-state index contributed by atoms with van der Waals surface area (Å²) < 4.78 is 0. The molecule has 3 aliphatic carbocycles. The average Bonchev–Trinajstić information content (AvgIpc) is 3.56. The number of aromatic nitrogens is 8. The quantitative estimate of drug-likeness (QED) is 0.148. The Labute approximate surface area is 438 Å². The van der Waals surface area contributed by atoms with E-state index in [1.807, 2.05) is 85.2 Å². The third kappa shape index (κ3) is 7.54. The van der Waals surface area contributed by atoms with Gasteiger partial charge in [0, 0.05) is 79.5 Å². The SMILES string of the molecule is c1ccc(-c2nc(-c3cccc(-c4cnc5ccccc5c4)c3)nc(-c3ccc4c(c3)C3c5ccccc5C4c4cc(-c5nc(-c6ccccc6)nc(-c6cccc(-c7cnc8ccccc8c7)c6)n5)ccc43)n2)cc1. The summed E-state index contributed by atoms with van der Waals surface area (Å²) in [5.74, 6) is 3.66. The molecule has 0 radical (unpaired) electrons. The molecule has 4 aromatic heterocycles. The molecule has 0 aliphatic heterocycles. The second-order valence-electron chi connectivity index (χ2n) is 19.5. The molecule has 2 bridgehead atoms. The smallest absolute Gasteiger partial charge is 0.164 e. The number of nitrogens with zero attached hydrogens (tertiary/aromatic N) is 8. The van der Waals surface area contributed by atoms with Gasteiger partial charge in [-0.05, 0) is 93.0 Å². The molecule has 0 spiro atoms. The highest BCUT2D eigenvalue weighted by atomic mass is 15.0. The molecule has 2 atom stereocenters. The van der Waals surface area contributed by atoms with Crippen molar-refractivity contribution >= 4 is 21.8 Å². The minimum atomic E-state index is -0.0107. The molecule has 13 aromatic rings. The second-order valence-corrected chi connectivity index (χ2v) is 19.5. The standard InChI is InChI=1S/C68H42N8/c1-3-15-41(16-4-1)63-71-65(47-23-13-21-43(33-47)51-35-45-19-7-11-27-59(45)69-39-51)75-67(73-63)49-29-31-55-57(37-49)61-53-25-9-10-26-54(53)62(55)58-38-50(30-32-56(58)61)68-74-64(42-17-5-2-6-18-42)72-66(76-68)48-24-14-22-44(34-48)52-36-46-20-8-12-28-60(46)70-40-52/h1-40,61-62H. The lowest BCUT2D eigenvalue weighted by molar-refractivity contribution is 0.754. The minimum absolute atomic E-state index is 0.0107. The molecule has 16 rings (SSSR count). The summed E-state index contributed by atoms with van der Waals surface area (Å²) in [4.78, 5) is 40.7. The summed E-state index contributed by atoms with van der Waals surface area (Å²) in [7, 11) is 0. The van der Waals surface area contributed by atoms with E-state index < -0.39 is 0 Å². The Bertz CT molecular complexity index is 4160. The number of para-hydroxylation sites is 2. The molecule has 0 amide bonds. The second kappa shape index (κ2) is 17.8. The Kier molecular flexibility index (Phi) is 10.2. The van der Waals surface area contributed by atoms with Crippen molar-refractivity contribution < 1.29 is 0 Å². The highest BCUT2D eigenvalue weighted by Gasteiger charge is 2.41. The molecule has 0 saturated carbocycles. The minimum Gasteiger partial charge on any atom is -0.256 e. The zero-order chi connectivity index (χ0) is 50.1. The van der Waals surface area contributed by atoms with Crippen molar-refractivity contribution in [3.05, 3.63) is 276 Å². The zero-order valence-corrected chi connectivity index (χ0v) is 40.8. The van der Waals surface area contributed by atoms with E-state index in [2.05, 4.69) is 158 Å². The van der Waals surface area contributed by atoms with Gasteiger partial charge < -0.3 is 0 Å². The Morgan fingerprint density at radius 1 is 0.211 bits per heavy atom. The lowest BCUT2D eigenvalue weighted by Gasteiger charge is -2.42. The van der Waals surface area contributed by atoms with Crippen LogP contribution in [0.4, 0.5) is 0 Å². The van der Waals surface area contributed by atoms with E-state index in [0.29, 0.717) is 34.9 Å². The van der Waals surface area contributed by atoms with E-state index in [9.17, 15) is 0 Å². The summed E-state index contributed by atoms with van der Waals surface area (Å²) in [6.07, 6.45) is 3.87. The van der Waals surface area contributed by atoms with Gasteiger partial charge in [-0.15, -0.1) is 0 Å². The van der Waals surface area contributed by atoms with Gasteiger partial charge in [0.05, 0.1) is 11.0 Å². The summed E-state index contributed by atoms with van der Waals surface area (Å²) in [5, 5.41) is 2.18. The van der Waals surface area contributed by atoms with Crippen LogP contribution >= 0.6 is 0 Å². The topological polar surface area (TPSA) is 103 Å². The third-order valence-corrected chi connectivity index (χ3v) is 15.0. The maximum Gasteiger partial charge on any atom is 0.164 e. The van der Waals surface area contributed by atoms with Crippen LogP contribution < -0.4 is 0 Å². The van der Waals surface area contributed by atoms with Crippen LogP contribution in [0.5, 0.6) is 0 Å². The first-order valence-corrected chi connectivity index (χ1v) is 25.5. The highest BCUT2D eigenvalue weighted by molar-refractivity contribution is 5.86. The molecule has 2 unspecified atom stereocenters. The van der Waals surface area contributed by atoms with E-state index in [1.54, 1.807) is 0 Å². The van der Waals surface area contributed by atoms with Crippen molar-refractivity contribution in [3.63, 3.8) is 0 Å². The van der Waals surface area contributed by atoms with Gasteiger partial charge in [0.15, 0.2) is 34.9 Å². The predicted molar refractivity (Wildman–Crippen MR) is 302 cm³/mol. The molecule has 8 nitrogen and oxygen atoms in total. The molecule has 9 aromatic carbocycles. The first kappa shape index (κ1) is 43.4. The van der Waals surface area contributed by atoms with Gasteiger partial charge in [-0.3, -0.25) is 9.97 Å². The van der Waals surface area contributed by atoms with Crippen LogP contribution in [0.1, 0.15) is 45.2 Å². The number of pyridine rings is 2. The van der Waals surface area contributed by atoms with Crippen LogP contribution in [0, 0.1) is 0 Å².